The average Bonchev–Trinajstić information content (AvgIpc) is 2.38. The van der Waals surface area contributed by atoms with Gasteiger partial charge in [0.15, 0.2) is 0 Å². The number of hydrogen-bond acceptors (Lipinski definition) is 4. The molecule has 0 aliphatic rings. The van der Waals surface area contributed by atoms with Gasteiger partial charge < -0.3 is 5.32 Å². The summed E-state index contributed by atoms with van der Waals surface area (Å²) < 4.78 is 0.311. The first-order chi connectivity index (χ1) is 9.47. The summed E-state index contributed by atoms with van der Waals surface area (Å²) in [4.78, 5) is 26.0. The second-order valence-corrected chi connectivity index (χ2v) is 4.99. The average molecular weight is 357 g/mol. The van der Waals surface area contributed by atoms with Gasteiger partial charge in [-0.25, -0.2) is 4.98 Å². The molecular weight excluding hydrogens is 350 g/mol. The summed E-state index contributed by atoms with van der Waals surface area (Å²) >= 11 is 8.76. The first-order valence-corrected chi connectivity index (χ1v) is 6.51. The monoisotopic (exact) mass is 355 g/mol. The normalized spacial score (nSPS) is 10.1. The Labute approximate surface area is 127 Å². The molecule has 0 spiro atoms. The maximum Gasteiger partial charge on any atom is 0.284 e. The fourth-order valence-electron chi connectivity index (χ4n) is 1.48. The minimum atomic E-state index is -0.565. The van der Waals surface area contributed by atoms with Gasteiger partial charge in [0.2, 0.25) is 0 Å². The summed E-state index contributed by atoms with van der Waals surface area (Å²) in [5.74, 6) is -0.470. The molecule has 2 aromatic rings. The van der Waals surface area contributed by atoms with E-state index in [9.17, 15) is 14.9 Å². The number of aromatic nitrogens is 1. The minimum absolute atomic E-state index is 0.174. The molecule has 2 rings (SSSR count). The lowest BCUT2D eigenvalue weighted by molar-refractivity contribution is -0.385. The Bertz CT molecular complexity index is 693. The number of pyridine rings is 1. The molecule has 0 aliphatic carbocycles. The van der Waals surface area contributed by atoms with Gasteiger partial charge in [0.1, 0.15) is 5.15 Å². The van der Waals surface area contributed by atoms with Crippen LogP contribution in [0.25, 0.3) is 0 Å². The molecule has 0 saturated heterocycles. The number of nitrogens with one attached hydrogen (secondary N) is 1. The largest absolute Gasteiger partial charge is 0.322 e. The van der Waals surface area contributed by atoms with E-state index in [1.807, 2.05) is 0 Å². The van der Waals surface area contributed by atoms with Crippen molar-refractivity contribution in [2.45, 2.75) is 0 Å². The third kappa shape index (κ3) is 3.31. The summed E-state index contributed by atoms with van der Waals surface area (Å²) in [5, 5.41) is 13.6. The zero-order chi connectivity index (χ0) is 14.7. The van der Waals surface area contributed by atoms with E-state index in [-0.39, 0.29) is 16.4 Å². The van der Waals surface area contributed by atoms with Crippen LogP contribution < -0.4 is 5.32 Å². The van der Waals surface area contributed by atoms with E-state index in [0.717, 1.165) is 0 Å². The third-order valence-corrected chi connectivity index (χ3v) is 3.27. The molecule has 0 radical (unpaired) electrons. The zero-order valence-corrected chi connectivity index (χ0v) is 12.2. The maximum atomic E-state index is 12.0. The Balaban J connectivity index is 2.26. The molecule has 0 bridgehead atoms. The van der Waals surface area contributed by atoms with Gasteiger partial charge in [-0.1, -0.05) is 11.6 Å². The van der Waals surface area contributed by atoms with Crippen LogP contribution >= 0.6 is 27.5 Å². The van der Waals surface area contributed by atoms with Gasteiger partial charge in [-0.15, -0.1) is 0 Å². The second kappa shape index (κ2) is 5.98. The summed E-state index contributed by atoms with van der Waals surface area (Å²) in [6, 6.07) is 7.17. The van der Waals surface area contributed by atoms with Gasteiger partial charge in [-0.3, -0.25) is 14.9 Å². The smallest absolute Gasteiger partial charge is 0.284 e. The SMILES string of the molecule is O=C(Nc1ccnc(Cl)c1)c1ccc(Br)c([N+](=O)[O-])c1. The molecule has 1 aromatic carbocycles. The van der Waals surface area contributed by atoms with Crippen molar-refractivity contribution < 1.29 is 9.72 Å². The highest BCUT2D eigenvalue weighted by atomic mass is 79.9. The van der Waals surface area contributed by atoms with Gasteiger partial charge >= 0.3 is 0 Å². The Hall–Kier alpha value is -1.99. The van der Waals surface area contributed by atoms with Gasteiger partial charge in [0, 0.05) is 23.5 Å². The van der Waals surface area contributed by atoms with Crippen molar-refractivity contribution in [3.63, 3.8) is 0 Å². The van der Waals surface area contributed by atoms with E-state index in [4.69, 9.17) is 11.6 Å². The number of nitro groups is 1. The van der Waals surface area contributed by atoms with Crippen LogP contribution in [0.2, 0.25) is 5.15 Å². The molecule has 1 aromatic heterocycles. The van der Waals surface area contributed by atoms with Crippen LogP contribution in [0.15, 0.2) is 41.0 Å². The van der Waals surface area contributed by atoms with Crippen molar-refractivity contribution >= 4 is 44.8 Å². The van der Waals surface area contributed by atoms with E-state index >= 15 is 0 Å². The van der Waals surface area contributed by atoms with Crippen LogP contribution in [0.4, 0.5) is 11.4 Å². The van der Waals surface area contributed by atoms with Crippen molar-refractivity contribution in [1.29, 1.82) is 0 Å². The van der Waals surface area contributed by atoms with Gasteiger partial charge in [0.25, 0.3) is 11.6 Å². The van der Waals surface area contributed by atoms with Crippen molar-refractivity contribution in [3.8, 4) is 0 Å². The van der Waals surface area contributed by atoms with Crippen LogP contribution in [0.1, 0.15) is 10.4 Å². The van der Waals surface area contributed by atoms with Crippen LogP contribution in [-0.2, 0) is 0 Å². The molecule has 8 heteroatoms. The van der Waals surface area contributed by atoms with E-state index in [2.05, 4.69) is 26.2 Å². The van der Waals surface area contributed by atoms with E-state index < -0.39 is 10.8 Å². The number of nitro benzene ring substituents is 1. The highest BCUT2D eigenvalue weighted by molar-refractivity contribution is 9.10. The molecule has 0 aliphatic heterocycles. The van der Waals surface area contributed by atoms with Crippen LogP contribution in [-0.4, -0.2) is 15.8 Å². The fourth-order valence-corrected chi connectivity index (χ4v) is 2.04. The summed E-state index contributed by atoms with van der Waals surface area (Å²) in [6.45, 7) is 0. The lowest BCUT2D eigenvalue weighted by atomic mass is 10.2. The Morgan fingerprint density at radius 2 is 2.10 bits per heavy atom. The second-order valence-electron chi connectivity index (χ2n) is 3.74. The molecule has 1 heterocycles. The highest BCUT2D eigenvalue weighted by Crippen LogP contribution is 2.26. The number of halogens is 2. The van der Waals surface area contributed by atoms with E-state index in [1.165, 1.54) is 30.5 Å². The summed E-state index contributed by atoms with van der Waals surface area (Å²) in [7, 11) is 0. The number of rotatable bonds is 3. The fraction of sp³-hybridized carbons (Fsp3) is 0. The van der Waals surface area contributed by atoms with Gasteiger partial charge in [0.05, 0.1) is 9.40 Å². The Kier molecular flexibility index (Phi) is 4.31. The van der Waals surface area contributed by atoms with Crippen molar-refractivity contribution in [1.82, 2.24) is 4.98 Å². The Morgan fingerprint density at radius 3 is 2.75 bits per heavy atom. The number of benzene rings is 1. The molecule has 0 saturated carbocycles. The molecule has 0 atom stereocenters. The standard InChI is InChI=1S/C12H7BrClN3O3/c13-9-2-1-7(5-10(9)17(19)20)12(18)16-8-3-4-15-11(14)6-8/h1-6H,(H,15,16,18). The third-order valence-electron chi connectivity index (χ3n) is 2.39. The number of amides is 1. The summed E-state index contributed by atoms with van der Waals surface area (Å²) in [6.07, 6.45) is 1.45. The molecule has 0 unspecified atom stereocenters. The molecular formula is C12H7BrClN3O3. The topological polar surface area (TPSA) is 85.1 Å². The van der Waals surface area contributed by atoms with E-state index in [1.54, 1.807) is 6.07 Å². The van der Waals surface area contributed by atoms with Crippen molar-refractivity contribution in [3.05, 3.63) is 61.8 Å². The number of carbonyl (C=O) groups excluding carboxylic acids is 1. The van der Waals surface area contributed by atoms with Crippen LogP contribution in [0.3, 0.4) is 0 Å². The first-order valence-electron chi connectivity index (χ1n) is 5.34. The number of nitrogens with zero attached hydrogens (tertiary/aromatic N) is 2. The summed E-state index contributed by atoms with van der Waals surface area (Å²) in [5.41, 5.74) is 0.457. The Morgan fingerprint density at radius 1 is 1.35 bits per heavy atom. The molecule has 6 nitrogen and oxygen atoms in total. The molecule has 1 N–H and O–H groups in total. The molecule has 1 amide bonds. The number of anilines is 1. The van der Waals surface area contributed by atoms with E-state index in [0.29, 0.717) is 10.2 Å². The number of hydrogen-bond donors (Lipinski definition) is 1. The van der Waals surface area contributed by atoms with Gasteiger partial charge in [-0.05, 0) is 40.2 Å². The van der Waals surface area contributed by atoms with Crippen molar-refractivity contribution in [2.75, 3.05) is 5.32 Å². The molecule has 20 heavy (non-hydrogen) atoms. The number of carbonyl (C=O) groups is 1. The predicted molar refractivity (Wildman–Crippen MR) is 78.0 cm³/mol. The van der Waals surface area contributed by atoms with Gasteiger partial charge in [-0.2, -0.15) is 0 Å². The lowest BCUT2D eigenvalue weighted by Crippen LogP contribution is -2.12. The van der Waals surface area contributed by atoms with Crippen LogP contribution in [0, 0.1) is 10.1 Å². The minimum Gasteiger partial charge on any atom is -0.322 e. The van der Waals surface area contributed by atoms with Crippen molar-refractivity contribution in [2.24, 2.45) is 0 Å². The first kappa shape index (κ1) is 14.4. The highest BCUT2D eigenvalue weighted by Gasteiger charge is 2.16. The maximum absolute atomic E-state index is 12.0. The lowest BCUT2D eigenvalue weighted by Gasteiger charge is -2.05. The molecule has 0 fully saturated rings. The van der Waals surface area contributed by atoms with Crippen LogP contribution in [0.5, 0.6) is 0 Å². The zero-order valence-electron chi connectivity index (χ0n) is 9.84. The predicted octanol–water partition coefficient (Wildman–Crippen LogP) is 3.66. The quantitative estimate of drug-likeness (QED) is 0.516. The molecule has 102 valence electrons.